The molecule has 0 radical (unpaired) electrons. The molecule has 0 spiro atoms. The van der Waals surface area contributed by atoms with Crippen LogP contribution >= 0.6 is 11.3 Å². The number of halogens is 3. The van der Waals surface area contributed by atoms with Crippen LogP contribution in [0.4, 0.5) is 19.0 Å². The van der Waals surface area contributed by atoms with Gasteiger partial charge in [-0.05, 0) is 60.5 Å². The number of thiophene rings is 1. The first kappa shape index (κ1) is 24.4. The zero-order valence-corrected chi connectivity index (χ0v) is 19.9. The van der Waals surface area contributed by atoms with Crippen LogP contribution < -0.4 is 4.90 Å². The molecule has 0 bridgehead atoms. The molecule has 1 aliphatic rings. The maximum absolute atomic E-state index is 13.6. The van der Waals surface area contributed by atoms with E-state index in [9.17, 15) is 26.4 Å². The molecule has 1 aromatic carbocycles. The molecule has 1 saturated heterocycles. The zero-order chi connectivity index (χ0) is 24.8. The Morgan fingerprint density at radius 2 is 1.88 bits per heavy atom. The van der Waals surface area contributed by atoms with Crippen LogP contribution in [0.15, 0.2) is 46.8 Å². The van der Waals surface area contributed by atoms with Gasteiger partial charge in [0.1, 0.15) is 5.82 Å². The van der Waals surface area contributed by atoms with Gasteiger partial charge in [0.25, 0.3) is 0 Å². The molecule has 2 atom stereocenters. The minimum absolute atomic E-state index is 0.0194. The van der Waals surface area contributed by atoms with Gasteiger partial charge in [-0.2, -0.15) is 17.5 Å². The zero-order valence-electron chi connectivity index (χ0n) is 18.3. The Morgan fingerprint density at radius 1 is 1.21 bits per heavy atom. The maximum atomic E-state index is 13.6. The first-order chi connectivity index (χ1) is 15.9. The number of sulfonamides is 1. The van der Waals surface area contributed by atoms with Crippen LogP contribution in [-0.2, 0) is 27.4 Å². The fraction of sp³-hybridized carbons (Fsp3) is 0.364. The quantitative estimate of drug-likeness (QED) is 0.549. The van der Waals surface area contributed by atoms with E-state index in [-0.39, 0.29) is 30.2 Å². The van der Waals surface area contributed by atoms with Crippen molar-refractivity contribution >= 4 is 43.2 Å². The van der Waals surface area contributed by atoms with Gasteiger partial charge in [-0.3, -0.25) is 4.79 Å². The third-order valence-electron chi connectivity index (χ3n) is 5.77. The Bertz CT molecular complexity index is 1330. The second kappa shape index (κ2) is 8.82. The van der Waals surface area contributed by atoms with Crippen molar-refractivity contribution in [2.75, 3.05) is 18.0 Å². The number of aliphatic carboxylic acids is 1. The van der Waals surface area contributed by atoms with Crippen LogP contribution in [-0.4, -0.2) is 54.0 Å². The van der Waals surface area contributed by atoms with Gasteiger partial charge in [0, 0.05) is 36.1 Å². The van der Waals surface area contributed by atoms with E-state index in [4.69, 9.17) is 5.11 Å². The van der Waals surface area contributed by atoms with Gasteiger partial charge < -0.3 is 10.0 Å². The molecule has 3 heterocycles. The van der Waals surface area contributed by atoms with E-state index < -0.39 is 39.8 Å². The maximum Gasteiger partial charge on any atom is 0.419 e. The third-order valence-corrected chi connectivity index (χ3v) is 8.91. The molecule has 7 nitrogen and oxygen atoms in total. The Labute approximate surface area is 198 Å². The van der Waals surface area contributed by atoms with Crippen LogP contribution in [0, 0.1) is 0 Å². The van der Waals surface area contributed by atoms with Crippen molar-refractivity contribution in [1.82, 2.24) is 9.29 Å². The van der Waals surface area contributed by atoms with Crippen molar-refractivity contribution in [3.8, 4) is 0 Å². The van der Waals surface area contributed by atoms with Gasteiger partial charge in [-0.1, -0.05) is 0 Å². The van der Waals surface area contributed by atoms with Crippen LogP contribution in [0.2, 0.25) is 0 Å². The van der Waals surface area contributed by atoms with Crippen molar-refractivity contribution in [3.63, 3.8) is 0 Å². The number of carboxylic acids is 1. The molecule has 182 valence electrons. The number of alkyl halides is 3. The lowest BCUT2D eigenvalue weighted by Gasteiger charge is -2.44. The molecule has 2 aromatic heterocycles. The summed E-state index contributed by atoms with van der Waals surface area (Å²) in [6, 6.07) is 5.52. The largest absolute Gasteiger partial charge is 0.481 e. The number of anilines is 1. The van der Waals surface area contributed by atoms with Crippen LogP contribution in [0.1, 0.15) is 25.0 Å². The molecule has 1 N–H and O–H groups in total. The molecule has 0 amide bonds. The molecule has 1 fully saturated rings. The highest BCUT2D eigenvalue weighted by Gasteiger charge is 2.42. The molecule has 1 aliphatic heterocycles. The van der Waals surface area contributed by atoms with Crippen LogP contribution in [0.3, 0.4) is 0 Å². The first-order valence-electron chi connectivity index (χ1n) is 10.4. The number of carboxylic acid groups (broad SMARTS) is 1. The Morgan fingerprint density at radius 3 is 2.50 bits per heavy atom. The molecule has 0 saturated carbocycles. The van der Waals surface area contributed by atoms with E-state index in [1.807, 2.05) is 0 Å². The fourth-order valence-electron chi connectivity index (χ4n) is 4.47. The number of rotatable bonds is 5. The summed E-state index contributed by atoms with van der Waals surface area (Å²) >= 11 is 1.34. The third kappa shape index (κ3) is 4.49. The summed E-state index contributed by atoms with van der Waals surface area (Å²) in [6.07, 6.45) is -3.52. The molecule has 4 rings (SSSR count). The SMILES string of the molecule is CC1CN(c2ncccc2C(F)(F)F)CC(C)N1S(=O)(=O)c1ccc2scc(CC(=O)O)c2c1. The van der Waals surface area contributed by atoms with E-state index in [2.05, 4.69) is 4.98 Å². The smallest absolute Gasteiger partial charge is 0.419 e. The first-order valence-corrected chi connectivity index (χ1v) is 12.7. The summed E-state index contributed by atoms with van der Waals surface area (Å²) in [4.78, 5) is 16.6. The van der Waals surface area contributed by atoms with Crippen molar-refractivity contribution in [1.29, 1.82) is 0 Å². The molecule has 34 heavy (non-hydrogen) atoms. The number of hydrogen-bond acceptors (Lipinski definition) is 6. The minimum Gasteiger partial charge on any atom is -0.481 e. The van der Waals surface area contributed by atoms with E-state index in [0.29, 0.717) is 10.9 Å². The Hall–Kier alpha value is -2.70. The molecule has 3 aromatic rings. The Kier molecular flexibility index (Phi) is 6.34. The van der Waals surface area contributed by atoms with Gasteiger partial charge >= 0.3 is 12.1 Å². The van der Waals surface area contributed by atoms with E-state index in [0.717, 1.165) is 10.8 Å². The molecular weight excluding hydrogens is 491 g/mol. The molecular formula is C22H22F3N3O4S2. The van der Waals surface area contributed by atoms with Gasteiger partial charge in [0.15, 0.2) is 0 Å². The average Bonchev–Trinajstić information content (AvgIpc) is 3.14. The summed E-state index contributed by atoms with van der Waals surface area (Å²) < 4.78 is 69.7. The number of piperazine rings is 1. The highest BCUT2D eigenvalue weighted by atomic mass is 32.2. The highest BCUT2D eigenvalue weighted by Crippen LogP contribution is 2.37. The second-order valence-electron chi connectivity index (χ2n) is 8.30. The number of aromatic nitrogens is 1. The van der Waals surface area contributed by atoms with Crippen molar-refractivity contribution in [3.05, 3.63) is 53.0 Å². The lowest BCUT2D eigenvalue weighted by molar-refractivity contribution is -0.137. The standard InChI is InChI=1S/C22H22F3N3O4S2/c1-13-10-27(21-18(22(23,24)25)4-3-7-26-21)11-14(2)28(13)34(31,32)16-5-6-19-17(9-16)15(12-33-19)8-20(29)30/h3-7,9,12-14H,8,10-11H2,1-2H3,(H,29,30). The number of fused-ring (bicyclic) bond motifs is 1. The Balaban J connectivity index is 1.66. The monoisotopic (exact) mass is 513 g/mol. The predicted molar refractivity (Wildman–Crippen MR) is 123 cm³/mol. The summed E-state index contributed by atoms with van der Waals surface area (Å²) in [5.41, 5.74) is -0.329. The lowest BCUT2D eigenvalue weighted by atomic mass is 10.1. The topological polar surface area (TPSA) is 90.8 Å². The summed E-state index contributed by atoms with van der Waals surface area (Å²) in [6.45, 7) is 3.37. The number of nitrogens with zero attached hydrogens (tertiary/aromatic N) is 3. The van der Waals surface area contributed by atoms with Gasteiger partial charge in [-0.15, -0.1) is 11.3 Å². The highest BCUT2D eigenvalue weighted by molar-refractivity contribution is 7.89. The summed E-state index contributed by atoms with van der Waals surface area (Å²) in [7, 11) is -4.00. The molecule has 12 heteroatoms. The summed E-state index contributed by atoms with van der Waals surface area (Å²) in [5, 5.41) is 11.4. The average molecular weight is 514 g/mol. The summed E-state index contributed by atoms with van der Waals surface area (Å²) in [5.74, 6) is -1.23. The fourth-order valence-corrected chi connectivity index (χ4v) is 7.24. The second-order valence-corrected chi connectivity index (χ2v) is 11.1. The number of benzene rings is 1. The van der Waals surface area contributed by atoms with Crippen molar-refractivity contribution < 1.29 is 31.5 Å². The normalized spacial score (nSPS) is 20.1. The van der Waals surface area contributed by atoms with Crippen molar-refractivity contribution in [2.45, 2.75) is 43.4 Å². The number of carbonyl (C=O) groups is 1. The predicted octanol–water partition coefficient (Wildman–Crippen LogP) is 4.23. The molecule has 2 unspecified atom stereocenters. The number of hydrogen-bond donors (Lipinski definition) is 1. The minimum atomic E-state index is -4.58. The van der Waals surface area contributed by atoms with Gasteiger partial charge in [0.05, 0.1) is 16.9 Å². The van der Waals surface area contributed by atoms with Crippen LogP contribution in [0.25, 0.3) is 10.1 Å². The van der Waals surface area contributed by atoms with Gasteiger partial charge in [0.2, 0.25) is 10.0 Å². The van der Waals surface area contributed by atoms with E-state index in [1.54, 1.807) is 25.3 Å². The number of pyridine rings is 1. The lowest BCUT2D eigenvalue weighted by Crippen LogP contribution is -2.59. The molecule has 0 aliphatic carbocycles. The van der Waals surface area contributed by atoms with E-state index in [1.165, 1.54) is 44.9 Å². The van der Waals surface area contributed by atoms with Gasteiger partial charge in [-0.25, -0.2) is 13.4 Å². The van der Waals surface area contributed by atoms with Crippen LogP contribution in [0.5, 0.6) is 0 Å². The van der Waals surface area contributed by atoms with E-state index >= 15 is 0 Å². The van der Waals surface area contributed by atoms with Crippen molar-refractivity contribution in [2.24, 2.45) is 0 Å².